The molecule has 3 rings (SSSR count). The molecule has 2 aromatic rings. The second kappa shape index (κ2) is 5.57. The highest BCUT2D eigenvalue weighted by Gasteiger charge is 2.17. The van der Waals surface area contributed by atoms with Crippen molar-refractivity contribution in [1.82, 2.24) is 9.88 Å². The van der Waals surface area contributed by atoms with Crippen LogP contribution >= 0.6 is 0 Å². The zero-order valence-corrected chi connectivity index (χ0v) is 11.8. The van der Waals surface area contributed by atoms with E-state index in [-0.39, 0.29) is 5.91 Å². The minimum atomic E-state index is 0.0836. The Kier molecular flexibility index (Phi) is 3.63. The molecular formula is C16H20N2O2. The molecule has 20 heavy (non-hydrogen) atoms. The van der Waals surface area contributed by atoms with Crippen molar-refractivity contribution in [3.8, 4) is 5.75 Å². The van der Waals surface area contributed by atoms with Crippen molar-refractivity contribution >= 4 is 16.8 Å². The van der Waals surface area contributed by atoms with Crippen LogP contribution in [0.1, 0.15) is 25.7 Å². The summed E-state index contributed by atoms with van der Waals surface area (Å²) in [7, 11) is 1.66. The van der Waals surface area contributed by atoms with Gasteiger partial charge in [0.05, 0.1) is 12.6 Å². The lowest BCUT2D eigenvalue weighted by Gasteiger charge is -2.13. The van der Waals surface area contributed by atoms with Crippen LogP contribution in [0, 0.1) is 0 Å². The molecule has 0 unspecified atom stereocenters. The molecule has 4 heteroatoms. The van der Waals surface area contributed by atoms with Crippen LogP contribution in [0.5, 0.6) is 5.75 Å². The summed E-state index contributed by atoms with van der Waals surface area (Å²) in [5.41, 5.74) is 0.983. The van der Waals surface area contributed by atoms with Gasteiger partial charge in [0, 0.05) is 17.6 Å². The normalized spacial score (nSPS) is 15.7. The lowest BCUT2D eigenvalue weighted by atomic mass is 10.2. The molecule has 4 nitrogen and oxygen atoms in total. The number of methoxy groups -OCH3 is 1. The Labute approximate surface area is 118 Å². The molecule has 0 radical (unpaired) electrons. The van der Waals surface area contributed by atoms with Gasteiger partial charge in [-0.15, -0.1) is 0 Å². The number of nitrogens with one attached hydrogen (secondary N) is 1. The topological polar surface area (TPSA) is 43.3 Å². The average molecular weight is 272 g/mol. The van der Waals surface area contributed by atoms with Gasteiger partial charge in [-0.3, -0.25) is 4.79 Å². The van der Waals surface area contributed by atoms with E-state index in [1.807, 2.05) is 35.0 Å². The molecule has 0 spiro atoms. The number of hydrogen-bond donors (Lipinski definition) is 1. The fourth-order valence-corrected chi connectivity index (χ4v) is 3.02. The van der Waals surface area contributed by atoms with Gasteiger partial charge in [0.1, 0.15) is 12.3 Å². The fourth-order valence-electron chi connectivity index (χ4n) is 3.02. The summed E-state index contributed by atoms with van der Waals surface area (Å²) in [5.74, 6) is 0.890. The number of hydrogen-bond acceptors (Lipinski definition) is 2. The first-order valence-electron chi connectivity index (χ1n) is 7.19. The number of aromatic nitrogens is 1. The first-order chi connectivity index (χ1) is 9.78. The molecule has 1 aliphatic rings. The number of benzene rings is 1. The van der Waals surface area contributed by atoms with Crippen molar-refractivity contribution in [3.05, 3.63) is 30.5 Å². The van der Waals surface area contributed by atoms with Gasteiger partial charge in [-0.25, -0.2) is 0 Å². The molecule has 1 N–H and O–H groups in total. The van der Waals surface area contributed by atoms with Crippen molar-refractivity contribution in [2.24, 2.45) is 0 Å². The average Bonchev–Trinajstić information content (AvgIpc) is 3.09. The predicted molar refractivity (Wildman–Crippen MR) is 78.9 cm³/mol. The maximum atomic E-state index is 12.1. The maximum absolute atomic E-state index is 12.1. The number of carbonyl (C=O) groups is 1. The standard InChI is InChI=1S/C16H20N2O2/c1-20-14-8-4-5-12-9-10-18(16(12)14)11-15(19)17-13-6-2-3-7-13/h4-5,8-10,13H,2-3,6-7,11H2,1H3,(H,17,19). The van der Waals surface area contributed by atoms with E-state index in [4.69, 9.17) is 4.74 Å². The van der Waals surface area contributed by atoms with E-state index in [0.717, 1.165) is 29.5 Å². The number of amides is 1. The van der Waals surface area contributed by atoms with Crippen LogP contribution in [0.25, 0.3) is 10.9 Å². The lowest BCUT2D eigenvalue weighted by molar-refractivity contribution is -0.122. The van der Waals surface area contributed by atoms with E-state index >= 15 is 0 Å². The monoisotopic (exact) mass is 272 g/mol. The van der Waals surface area contributed by atoms with Crippen LogP contribution in [0.2, 0.25) is 0 Å². The van der Waals surface area contributed by atoms with Crippen LogP contribution in [-0.2, 0) is 11.3 Å². The number of para-hydroxylation sites is 1. The zero-order chi connectivity index (χ0) is 13.9. The van der Waals surface area contributed by atoms with Gasteiger partial charge in [0.15, 0.2) is 0 Å². The van der Waals surface area contributed by atoms with E-state index in [9.17, 15) is 4.79 Å². The molecule has 1 fully saturated rings. The van der Waals surface area contributed by atoms with E-state index in [0.29, 0.717) is 12.6 Å². The Hall–Kier alpha value is -1.97. The van der Waals surface area contributed by atoms with Gasteiger partial charge in [-0.1, -0.05) is 25.0 Å². The molecule has 1 aromatic heterocycles. The summed E-state index contributed by atoms with van der Waals surface area (Å²) in [6.07, 6.45) is 6.63. The Balaban J connectivity index is 1.78. The minimum absolute atomic E-state index is 0.0836. The van der Waals surface area contributed by atoms with Crippen molar-refractivity contribution in [2.45, 2.75) is 38.3 Å². The number of carbonyl (C=O) groups excluding carboxylic acids is 1. The Morgan fingerprint density at radius 2 is 2.15 bits per heavy atom. The van der Waals surface area contributed by atoms with E-state index in [2.05, 4.69) is 5.32 Å². The Morgan fingerprint density at radius 3 is 2.90 bits per heavy atom. The van der Waals surface area contributed by atoms with E-state index in [1.54, 1.807) is 7.11 Å². The van der Waals surface area contributed by atoms with Crippen LogP contribution in [0.4, 0.5) is 0 Å². The summed E-state index contributed by atoms with van der Waals surface area (Å²) < 4.78 is 7.35. The van der Waals surface area contributed by atoms with Crippen molar-refractivity contribution in [1.29, 1.82) is 0 Å². The molecule has 1 aliphatic carbocycles. The maximum Gasteiger partial charge on any atom is 0.240 e. The largest absolute Gasteiger partial charge is 0.495 e. The molecule has 1 aromatic carbocycles. The third kappa shape index (κ3) is 2.50. The quantitative estimate of drug-likeness (QED) is 0.930. The highest BCUT2D eigenvalue weighted by Crippen LogP contribution is 2.26. The van der Waals surface area contributed by atoms with Crippen molar-refractivity contribution in [2.75, 3.05) is 7.11 Å². The fraction of sp³-hybridized carbons (Fsp3) is 0.438. The van der Waals surface area contributed by atoms with Gasteiger partial charge in [-0.05, 0) is 25.0 Å². The van der Waals surface area contributed by atoms with Crippen molar-refractivity contribution in [3.63, 3.8) is 0 Å². The summed E-state index contributed by atoms with van der Waals surface area (Å²) in [6.45, 7) is 0.348. The summed E-state index contributed by atoms with van der Waals surface area (Å²) in [5, 5.41) is 4.21. The number of fused-ring (bicyclic) bond motifs is 1. The van der Waals surface area contributed by atoms with Crippen LogP contribution in [0.15, 0.2) is 30.5 Å². The van der Waals surface area contributed by atoms with Gasteiger partial charge < -0.3 is 14.6 Å². The van der Waals surface area contributed by atoms with E-state index in [1.165, 1.54) is 12.8 Å². The second-order valence-electron chi connectivity index (χ2n) is 5.39. The van der Waals surface area contributed by atoms with Crippen LogP contribution in [0.3, 0.4) is 0 Å². The third-order valence-electron chi connectivity index (χ3n) is 4.01. The Bertz CT molecular complexity index is 612. The summed E-state index contributed by atoms with van der Waals surface area (Å²) >= 11 is 0. The van der Waals surface area contributed by atoms with Gasteiger partial charge in [0.25, 0.3) is 0 Å². The summed E-state index contributed by atoms with van der Waals surface area (Å²) in [4.78, 5) is 12.1. The first kappa shape index (κ1) is 13.0. The van der Waals surface area contributed by atoms with E-state index < -0.39 is 0 Å². The lowest BCUT2D eigenvalue weighted by Crippen LogP contribution is -2.35. The molecule has 0 atom stereocenters. The number of ether oxygens (including phenoxy) is 1. The molecule has 0 saturated heterocycles. The van der Waals surface area contributed by atoms with Gasteiger partial charge in [0.2, 0.25) is 5.91 Å². The third-order valence-corrected chi connectivity index (χ3v) is 4.01. The predicted octanol–water partition coefficient (Wildman–Crippen LogP) is 2.71. The number of rotatable bonds is 4. The van der Waals surface area contributed by atoms with Gasteiger partial charge >= 0.3 is 0 Å². The van der Waals surface area contributed by atoms with Crippen molar-refractivity contribution < 1.29 is 9.53 Å². The molecule has 0 bridgehead atoms. The SMILES string of the molecule is COc1cccc2ccn(CC(=O)NC3CCCC3)c12. The highest BCUT2D eigenvalue weighted by molar-refractivity contribution is 5.87. The summed E-state index contributed by atoms with van der Waals surface area (Å²) in [6, 6.07) is 8.30. The molecule has 1 amide bonds. The van der Waals surface area contributed by atoms with Crippen LogP contribution < -0.4 is 10.1 Å². The molecule has 0 aliphatic heterocycles. The molecular weight excluding hydrogens is 252 g/mol. The number of nitrogens with zero attached hydrogens (tertiary/aromatic N) is 1. The Morgan fingerprint density at radius 1 is 1.35 bits per heavy atom. The molecule has 1 saturated carbocycles. The highest BCUT2D eigenvalue weighted by atomic mass is 16.5. The second-order valence-corrected chi connectivity index (χ2v) is 5.39. The molecule has 1 heterocycles. The first-order valence-corrected chi connectivity index (χ1v) is 7.19. The smallest absolute Gasteiger partial charge is 0.240 e. The zero-order valence-electron chi connectivity index (χ0n) is 11.8. The molecule has 106 valence electrons. The van der Waals surface area contributed by atoms with Gasteiger partial charge in [-0.2, -0.15) is 0 Å². The minimum Gasteiger partial charge on any atom is -0.495 e. The van der Waals surface area contributed by atoms with Crippen LogP contribution in [-0.4, -0.2) is 23.6 Å².